The van der Waals surface area contributed by atoms with E-state index in [1.807, 2.05) is 4.90 Å². The van der Waals surface area contributed by atoms with Crippen molar-refractivity contribution in [3.63, 3.8) is 0 Å². The zero-order valence-electron chi connectivity index (χ0n) is 20.6. The number of benzene rings is 2. The number of carbonyl (C=O) groups is 1. The summed E-state index contributed by atoms with van der Waals surface area (Å²) in [4.78, 5) is 29.7. The molecule has 0 N–H and O–H groups in total. The summed E-state index contributed by atoms with van der Waals surface area (Å²) in [5, 5.41) is 1.33. The zero-order valence-corrected chi connectivity index (χ0v) is 21.4. The van der Waals surface area contributed by atoms with Crippen LogP contribution in [0.25, 0.3) is 32.9 Å². The number of halogens is 3. The van der Waals surface area contributed by atoms with Crippen LogP contribution in [0.15, 0.2) is 49.2 Å². The van der Waals surface area contributed by atoms with Gasteiger partial charge in [-0.05, 0) is 23.9 Å². The summed E-state index contributed by atoms with van der Waals surface area (Å²) in [6.07, 6.45) is 3.37. The average molecular weight is 550 g/mol. The minimum Gasteiger partial charge on any atom is -0.455 e. The van der Waals surface area contributed by atoms with E-state index in [0.29, 0.717) is 53.8 Å². The topological polar surface area (TPSA) is 80.7 Å². The molecular formula is C28H22ClF2N5O3. The highest BCUT2D eigenvalue weighted by molar-refractivity contribution is 6.36. The fourth-order valence-corrected chi connectivity index (χ4v) is 5.95. The first kappa shape index (κ1) is 24.2. The number of amides is 1. The van der Waals surface area contributed by atoms with Gasteiger partial charge in [0.05, 0.1) is 35.7 Å². The number of pyridine rings is 1. The van der Waals surface area contributed by atoms with E-state index in [9.17, 15) is 9.18 Å². The number of rotatable bonds is 5. The van der Waals surface area contributed by atoms with E-state index in [4.69, 9.17) is 21.1 Å². The first-order valence-corrected chi connectivity index (χ1v) is 13.0. The van der Waals surface area contributed by atoms with Crippen LogP contribution in [-0.4, -0.2) is 70.2 Å². The smallest absolute Gasteiger partial charge is 0.319 e. The van der Waals surface area contributed by atoms with Crippen LogP contribution in [0.2, 0.25) is 5.02 Å². The van der Waals surface area contributed by atoms with E-state index in [2.05, 4.69) is 21.5 Å². The summed E-state index contributed by atoms with van der Waals surface area (Å²) in [5.41, 5.74) is 0.378. The standard InChI is InChI=1S/C28H22ClF2N5O3/c1-2-21(37)35-9-8-19-20(35)11-36(19)27-17-10-32-25(16-5-3-4-14-6-7-18(30)23(29)22(14)16)24(31)26(17)33-28(34-27)39-15-12-38-13-15/h2-7,10,15,19-20H,1,8-9,11-13H2/t19-,20-/m1/s1. The second-order valence-corrected chi connectivity index (χ2v) is 10.2. The molecule has 0 aliphatic carbocycles. The molecular weight excluding hydrogens is 528 g/mol. The number of aromatic nitrogens is 3. The van der Waals surface area contributed by atoms with Gasteiger partial charge >= 0.3 is 6.01 Å². The largest absolute Gasteiger partial charge is 0.455 e. The maximum absolute atomic E-state index is 16.3. The van der Waals surface area contributed by atoms with Gasteiger partial charge < -0.3 is 19.3 Å². The van der Waals surface area contributed by atoms with E-state index in [1.54, 1.807) is 29.2 Å². The lowest BCUT2D eigenvalue weighted by Crippen LogP contribution is -2.63. The predicted molar refractivity (Wildman–Crippen MR) is 142 cm³/mol. The fraction of sp³-hybridized carbons (Fsp3) is 0.286. The van der Waals surface area contributed by atoms with Crippen molar-refractivity contribution >= 4 is 45.0 Å². The molecule has 0 bridgehead atoms. The SMILES string of the molecule is C=CC(=O)N1CC[C@@H]2[C@H]1CN2c1nc(OC2COC2)nc2c(F)c(-c3cccc4ccc(F)c(Cl)c34)ncc12. The Bertz CT molecular complexity index is 1680. The predicted octanol–water partition coefficient (Wildman–Crippen LogP) is 4.53. The molecule has 3 aliphatic rings. The van der Waals surface area contributed by atoms with E-state index in [-0.39, 0.29) is 46.3 Å². The highest BCUT2D eigenvalue weighted by Crippen LogP contribution is 2.42. The molecule has 2 atom stereocenters. The van der Waals surface area contributed by atoms with Crippen molar-refractivity contribution in [2.45, 2.75) is 24.6 Å². The molecule has 198 valence electrons. The molecule has 39 heavy (non-hydrogen) atoms. The number of hydrogen-bond donors (Lipinski definition) is 0. The van der Waals surface area contributed by atoms with Gasteiger partial charge in [-0.1, -0.05) is 42.4 Å². The summed E-state index contributed by atoms with van der Waals surface area (Å²) >= 11 is 6.32. The van der Waals surface area contributed by atoms with Crippen LogP contribution in [0.5, 0.6) is 6.01 Å². The van der Waals surface area contributed by atoms with Crippen molar-refractivity contribution < 1.29 is 23.0 Å². The quantitative estimate of drug-likeness (QED) is 0.338. The Morgan fingerprint density at radius 3 is 2.79 bits per heavy atom. The van der Waals surface area contributed by atoms with Crippen LogP contribution in [0, 0.1) is 11.6 Å². The maximum atomic E-state index is 16.3. The number of ether oxygens (including phenoxy) is 2. The summed E-state index contributed by atoms with van der Waals surface area (Å²) < 4.78 is 41.8. The van der Waals surface area contributed by atoms with Gasteiger partial charge in [0.1, 0.15) is 28.9 Å². The monoisotopic (exact) mass is 549 g/mol. The molecule has 0 spiro atoms. The molecule has 0 saturated carbocycles. The van der Waals surface area contributed by atoms with E-state index < -0.39 is 11.6 Å². The second kappa shape index (κ2) is 9.10. The van der Waals surface area contributed by atoms with E-state index in [1.165, 1.54) is 18.3 Å². The number of anilines is 1. The fourth-order valence-electron chi connectivity index (χ4n) is 5.67. The minimum atomic E-state index is -0.689. The molecule has 7 rings (SSSR count). The Morgan fingerprint density at radius 2 is 2.03 bits per heavy atom. The van der Waals surface area contributed by atoms with Crippen molar-refractivity contribution in [2.75, 3.05) is 31.2 Å². The third-order valence-electron chi connectivity index (χ3n) is 7.74. The Labute approximate surface area is 226 Å². The van der Waals surface area contributed by atoms with Gasteiger partial charge in [-0.25, -0.2) is 8.78 Å². The van der Waals surface area contributed by atoms with Gasteiger partial charge in [0.2, 0.25) is 5.91 Å². The number of nitrogens with zero attached hydrogens (tertiary/aromatic N) is 5. The van der Waals surface area contributed by atoms with Crippen molar-refractivity contribution in [3.8, 4) is 17.3 Å². The zero-order chi connectivity index (χ0) is 26.8. The molecule has 3 saturated heterocycles. The third kappa shape index (κ3) is 3.73. The normalized spacial score (nSPS) is 20.6. The molecule has 1 amide bonds. The van der Waals surface area contributed by atoms with Crippen LogP contribution in [0.4, 0.5) is 14.6 Å². The van der Waals surface area contributed by atoms with Gasteiger partial charge in [0.15, 0.2) is 5.82 Å². The molecule has 8 nitrogen and oxygen atoms in total. The van der Waals surface area contributed by atoms with Crippen LogP contribution >= 0.6 is 11.6 Å². The highest BCUT2D eigenvalue weighted by atomic mass is 35.5. The van der Waals surface area contributed by atoms with Crippen LogP contribution < -0.4 is 9.64 Å². The van der Waals surface area contributed by atoms with Crippen molar-refractivity contribution in [1.29, 1.82) is 0 Å². The molecule has 3 fully saturated rings. The lowest BCUT2D eigenvalue weighted by molar-refractivity contribution is -0.127. The van der Waals surface area contributed by atoms with Crippen LogP contribution in [0.1, 0.15) is 6.42 Å². The van der Waals surface area contributed by atoms with Gasteiger partial charge in [0, 0.05) is 30.2 Å². The Balaban J connectivity index is 1.36. The number of likely N-dealkylation sites (tertiary alicyclic amines) is 1. The molecule has 11 heteroatoms. The lowest BCUT2D eigenvalue weighted by atomic mass is 9.96. The highest BCUT2D eigenvalue weighted by Gasteiger charge is 2.49. The molecule has 3 aliphatic heterocycles. The van der Waals surface area contributed by atoms with Gasteiger partial charge in [0.25, 0.3) is 0 Å². The van der Waals surface area contributed by atoms with E-state index >= 15 is 4.39 Å². The molecule has 2 aromatic heterocycles. The minimum absolute atomic E-state index is 0.00622. The van der Waals surface area contributed by atoms with Gasteiger partial charge in [-0.15, -0.1) is 0 Å². The van der Waals surface area contributed by atoms with Crippen molar-refractivity contribution in [3.05, 3.63) is 65.8 Å². The lowest BCUT2D eigenvalue weighted by Gasteiger charge is -2.47. The molecule has 4 aromatic rings. The maximum Gasteiger partial charge on any atom is 0.319 e. The molecule has 2 aromatic carbocycles. The summed E-state index contributed by atoms with van der Waals surface area (Å²) in [5.74, 6) is -0.907. The van der Waals surface area contributed by atoms with E-state index in [0.717, 1.165) is 6.42 Å². The molecule has 0 unspecified atom stereocenters. The van der Waals surface area contributed by atoms with Crippen LogP contribution in [0.3, 0.4) is 0 Å². The summed E-state index contributed by atoms with van der Waals surface area (Å²) in [6.45, 7) is 5.53. The van der Waals surface area contributed by atoms with Crippen molar-refractivity contribution in [1.82, 2.24) is 19.9 Å². The van der Waals surface area contributed by atoms with Gasteiger partial charge in [-0.3, -0.25) is 9.78 Å². The van der Waals surface area contributed by atoms with Crippen LogP contribution in [-0.2, 0) is 9.53 Å². The van der Waals surface area contributed by atoms with Gasteiger partial charge in [-0.2, -0.15) is 9.97 Å². The number of carbonyl (C=O) groups excluding carboxylic acids is 1. The molecule has 0 radical (unpaired) electrons. The summed E-state index contributed by atoms with van der Waals surface area (Å²) in [6, 6.07) is 8.11. The third-order valence-corrected chi connectivity index (χ3v) is 8.11. The van der Waals surface area contributed by atoms with Crippen molar-refractivity contribution in [2.24, 2.45) is 0 Å². The Hall–Kier alpha value is -3.89. The Kier molecular flexibility index (Phi) is 5.64. The second-order valence-electron chi connectivity index (χ2n) is 9.87. The first-order valence-electron chi connectivity index (χ1n) is 12.6. The number of hydrogen-bond acceptors (Lipinski definition) is 7. The number of fused-ring (bicyclic) bond motifs is 3. The first-order chi connectivity index (χ1) is 18.9. The molecule has 5 heterocycles. The summed E-state index contributed by atoms with van der Waals surface area (Å²) in [7, 11) is 0. The Morgan fingerprint density at radius 1 is 1.18 bits per heavy atom. The average Bonchev–Trinajstić information content (AvgIpc) is 3.24.